The standard InChI is InChI=1S/C29H43N3O3/c1-29(2,3)35-28(34)32(22-12-7-5-4-6-9-13-23-14-10-8-11-15-23)25-18-16-24(17-19-25)26(33)27-30-20-21-31-27/h16-21,23H,4-15,22H2,1-3H3,(H,30,31). The van der Waals surface area contributed by atoms with Gasteiger partial charge in [0.25, 0.3) is 0 Å². The van der Waals surface area contributed by atoms with Gasteiger partial charge in [0, 0.05) is 30.2 Å². The number of benzene rings is 1. The minimum Gasteiger partial charge on any atom is -0.443 e. The number of imidazole rings is 1. The third-order valence-corrected chi connectivity index (χ3v) is 6.74. The van der Waals surface area contributed by atoms with Crippen LogP contribution in [0.15, 0.2) is 36.7 Å². The zero-order valence-electron chi connectivity index (χ0n) is 21.9. The third kappa shape index (κ3) is 9.15. The first-order chi connectivity index (χ1) is 16.8. The molecule has 0 aliphatic heterocycles. The number of amides is 1. The smallest absolute Gasteiger partial charge is 0.414 e. The zero-order valence-corrected chi connectivity index (χ0v) is 21.9. The van der Waals surface area contributed by atoms with Crippen LogP contribution in [0.3, 0.4) is 0 Å². The first-order valence-electron chi connectivity index (χ1n) is 13.5. The zero-order chi connectivity index (χ0) is 25.1. The van der Waals surface area contributed by atoms with E-state index in [2.05, 4.69) is 9.97 Å². The van der Waals surface area contributed by atoms with Crippen LogP contribution < -0.4 is 4.90 Å². The lowest BCUT2D eigenvalue weighted by molar-refractivity contribution is 0.0579. The van der Waals surface area contributed by atoms with Gasteiger partial charge in [-0.2, -0.15) is 0 Å². The Bertz CT molecular complexity index is 894. The van der Waals surface area contributed by atoms with Crippen LogP contribution >= 0.6 is 0 Å². The summed E-state index contributed by atoms with van der Waals surface area (Å²) in [6.45, 7) is 6.23. The van der Waals surface area contributed by atoms with Gasteiger partial charge in [-0.3, -0.25) is 9.69 Å². The number of ketones is 1. The average molecular weight is 482 g/mol. The third-order valence-electron chi connectivity index (χ3n) is 6.74. The number of anilines is 1. The molecule has 1 fully saturated rings. The largest absolute Gasteiger partial charge is 0.443 e. The molecule has 1 amide bonds. The number of aromatic amines is 1. The topological polar surface area (TPSA) is 75.3 Å². The molecule has 0 unspecified atom stereocenters. The van der Waals surface area contributed by atoms with Crippen LogP contribution in [0.2, 0.25) is 0 Å². The van der Waals surface area contributed by atoms with Crippen molar-refractivity contribution in [2.24, 2.45) is 5.92 Å². The Hall–Kier alpha value is -2.63. The van der Waals surface area contributed by atoms with E-state index in [1.165, 1.54) is 64.2 Å². The summed E-state index contributed by atoms with van der Waals surface area (Å²) in [7, 11) is 0. The Balaban J connectivity index is 1.47. The number of hydrogen-bond donors (Lipinski definition) is 1. The number of carbonyl (C=O) groups is 2. The van der Waals surface area contributed by atoms with Gasteiger partial charge >= 0.3 is 6.09 Å². The number of hydrogen-bond acceptors (Lipinski definition) is 4. The summed E-state index contributed by atoms with van der Waals surface area (Å²) in [5.41, 5.74) is 0.701. The highest BCUT2D eigenvalue weighted by molar-refractivity contribution is 6.06. The van der Waals surface area contributed by atoms with E-state index in [9.17, 15) is 9.59 Å². The second-order valence-electron chi connectivity index (χ2n) is 10.9. The van der Waals surface area contributed by atoms with Crippen LogP contribution in [0.1, 0.15) is 114 Å². The minimum absolute atomic E-state index is 0.172. The van der Waals surface area contributed by atoms with Crippen LogP contribution in [0.25, 0.3) is 0 Å². The van der Waals surface area contributed by atoms with Gasteiger partial charge in [-0.15, -0.1) is 0 Å². The molecule has 0 atom stereocenters. The SMILES string of the molecule is CC(C)(C)OC(=O)N(CCCCCCCCC1CCCCC1)c1ccc(C(=O)c2ncc[nH]2)cc1. The molecule has 1 aliphatic rings. The lowest BCUT2D eigenvalue weighted by Gasteiger charge is -2.27. The van der Waals surface area contributed by atoms with Crippen molar-refractivity contribution in [1.29, 1.82) is 0 Å². The lowest BCUT2D eigenvalue weighted by atomic mass is 9.85. The van der Waals surface area contributed by atoms with Gasteiger partial charge in [0.2, 0.25) is 5.78 Å². The van der Waals surface area contributed by atoms with Gasteiger partial charge < -0.3 is 9.72 Å². The van der Waals surface area contributed by atoms with Crippen molar-refractivity contribution in [2.45, 2.75) is 103 Å². The van der Waals surface area contributed by atoms with E-state index < -0.39 is 5.60 Å². The predicted molar refractivity (Wildman–Crippen MR) is 141 cm³/mol. The molecule has 0 saturated heterocycles. The molecule has 192 valence electrons. The van der Waals surface area contributed by atoms with E-state index in [0.29, 0.717) is 17.9 Å². The molecule has 2 aromatic rings. The van der Waals surface area contributed by atoms with Crippen LogP contribution in [0, 0.1) is 5.92 Å². The molecule has 3 rings (SSSR count). The van der Waals surface area contributed by atoms with Crippen LogP contribution in [-0.4, -0.2) is 34.0 Å². The molecule has 35 heavy (non-hydrogen) atoms. The average Bonchev–Trinajstić information content (AvgIpc) is 3.37. The molecule has 1 aromatic carbocycles. The van der Waals surface area contributed by atoms with E-state index in [0.717, 1.165) is 24.4 Å². The summed E-state index contributed by atoms with van der Waals surface area (Å²) in [5.74, 6) is 1.11. The summed E-state index contributed by atoms with van der Waals surface area (Å²) >= 11 is 0. The van der Waals surface area contributed by atoms with Gasteiger partial charge in [-0.05, 0) is 57.4 Å². The minimum atomic E-state index is -0.567. The van der Waals surface area contributed by atoms with Crippen molar-refractivity contribution in [3.63, 3.8) is 0 Å². The molecule has 1 N–H and O–H groups in total. The number of nitrogens with one attached hydrogen (secondary N) is 1. The molecule has 0 bridgehead atoms. The molecule has 1 aliphatic carbocycles. The molecular formula is C29H43N3O3. The lowest BCUT2D eigenvalue weighted by Crippen LogP contribution is -2.37. The van der Waals surface area contributed by atoms with Crippen molar-refractivity contribution in [3.05, 3.63) is 48.0 Å². The summed E-state index contributed by atoms with van der Waals surface area (Å²) in [6.07, 6.45) is 18.6. The van der Waals surface area contributed by atoms with Crippen molar-refractivity contribution in [3.8, 4) is 0 Å². The number of carbonyl (C=O) groups excluding carboxylic acids is 2. The molecule has 1 heterocycles. The van der Waals surface area contributed by atoms with E-state index in [1.54, 1.807) is 29.4 Å². The Morgan fingerprint density at radius 2 is 1.63 bits per heavy atom. The van der Waals surface area contributed by atoms with Crippen molar-refractivity contribution in [1.82, 2.24) is 9.97 Å². The van der Waals surface area contributed by atoms with Gasteiger partial charge in [0.05, 0.1) is 0 Å². The van der Waals surface area contributed by atoms with E-state index in [1.807, 2.05) is 32.9 Å². The number of nitrogens with zero attached hydrogens (tertiary/aromatic N) is 2. The number of rotatable bonds is 12. The predicted octanol–water partition coefficient (Wildman–Crippen LogP) is 7.69. The summed E-state index contributed by atoms with van der Waals surface area (Å²) in [5, 5.41) is 0. The van der Waals surface area contributed by atoms with E-state index >= 15 is 0 Å². The highest BCUT2D eigenvalue weighted by atomic mass is 16.6. The molecule has 1 aromatic heterocycles. The Morgan fingerprint density at radius 3 is 2.26 bits per heavy atom. The van der Waals surface area contributed by atoms with Crippen LogP contribution in [0.5, 0.6) is 0 Å². The molecule has 0 radical (unpaired) electrons. The first-order valence-corrected chi connectivity index (χ1v) is 13.5. The first kappa shape index (κ1) is 27.0. The maximum atomic E-state index is 12.9. The highest BCUT2D eigenvalue weighted by Crippen LogP contribution is 2.28. The Labute approximate surface area is 210 Å². The molecule has 0 spiro atoms. The number of aromatic nitrogens is 2. The Kier molecular flexibility index (Phi) is 10.4. The van der Waals surface area contributed by atoms with Crippen molar-refractivity contribution in [2.75, 3.05) is 11.4 Å². The van der Waals surface area contributed by atoms with Crippen molar-refractivity contribution >= 4 is 17.6 Å². The highest BCUT2D eigenvalue weighted by Gasteiger charge is 2.23. The number of H-pyrrole nitrogens is 1. The van der Waals surface area contributed by atoms with Gasteiger partial charge in [0.1, 0.15) is 5.60 Å². The number of ether oxygens (including phenoxy) is 1. The maximum Gasteiger partial charge on any atom is 0.414 e. The second kappa shape index (κ2) is 13.5. The summed E-state index contributed by atoms with van der Waals surface area (Å²) < 4.78 is 5.66. The van der Waals surface area contributed by atoms with Gasteiger partial charge in [-0.25, -0.2) is 9.78 Å². The Morgan fingerprint density at radius 1 is 0.971 bits per heavy atom. The molecule has 1 saturated carbocycles. The van der Waals surface area contributed by atoms with Gasteiger partial charge in [-0.1, -0.05) is 70.6 Å². The second-order valence-corrected chi connectivity index (χ2v) is 10.9. The molecule has 6 heteroatoms. The fourth-order valence-electron chi connectivity index (χ4n) is 4.85. The monoisotopic (exact) mass is 481 g/mol. The maximum absolute atomic E-state index is 12.9. The molecule has 6 nitrogen and oxygen atoms in total. The van der Waals surface area contributed by atoms with Crippen LogP contribution in [0.4, 0.5) is 10.5 Å². The summed E-state index contributed by atoms with van der Waals surface area (Å²) in [4.78, 5) is 34.0. The normalized spacial score (nSPS) is 14.6. The van der Waals surface area contributed by atoms with Gasteiger partial charge in [0.15, 0.2) is 5.82 Å². The fourth-order valence-corrected chi connectivity index (χ4v) is 4.85. The van der Waals surface area contributed by atoms with E-state index in [-0.39, 0.29) is 11.9 Å². The van der Waals surface area contributed by atoms with Crippen molar-refractivity contribution < 1.29 is 14.3 Å². The quantitative estimate of drug-likeness (QED) is 0.249. The summed E-state index contributed by atoms with van der Waals surface area (Å²) in [6, 6.07) is 7.10. The van der Waals surface area contributed by atoms with E-state index in [4.69, 9.17) is 4.74 Å². The number of unbranched alkanes of at least 4 members (excludes halogenated alkanes) is 5. The van der Waals surface area contributed by atoms with Crippen LogP contribution in [-0.2, 0) is 4.74 Å². The fraction of sp³-hybridized carbons (Fsp3) is 0.621. The molecular weight excluding hydrogens is 438 g/mol.